The molecule has 0 saturated heterocycles. The van der Waals surface area contributed by atoms with E-state index < -0.39 is 16.1 Å². The van der Waals surface area contributed by atoms with Crippen LogP contribution < -0.4 is 0 Å². The summed E-state index contributed by atoms with van der Waals surface area (Å²) < 4.78 is 28.6. The molecule has 138 valence electrons. The van der Waals surface area contributed by atoms with E-state index in [1.807, 2.05) is 61.5 Å². The van der Waals surface area contributed by atoms with Crippen molar-refractivity contribution in [2.24, 2.45) is 0 Å². The lowest BCUT2D eigenvalue weighted by Gasteiger charge is -2.37. The molecule has 0 aliphatic carbocycles. The van der Waals surface area contributed by atoms with Gasteiger partial charge in [0.15, 0.2) is 0 Å². The Labute approximate surface area is 165 Å². The van der Waals surface area contributed by atoms with Gasteiger partial charge in [0, 0.05) is 11.6 Å². The Balaban J connectivity index is 1.89. The van der Waals surface area contributed by atoms with Gasteiger partial charge in [-0.1, -0.05) is 71.8 Å². The number of aryl methyl sites for hydroxylation is 1. The van der Waals surface area contributed by atoms with Gasteiger partial charge in [-0.05, 0) is 48.2 Å². The van der Waals surface area contributed by atoms with Crippen molar-refractivity contribution < 1.29 is 8.42 Å². The molecular weight excluding hydrogens is 378 g/mol. The van der Waals surface area contributed by atoms with Crippen LogP contribution >= 0.6 is 11.6 Å². The first kappa shape index (κ1) is 18.2. The second-order valence-electron chi connectivity index (χ2n) is 6.80. The smallest absolute Gasteiger partial charge is 0.207 e. The lowest BCUT2D eigenvalue weighted by Crippen LogP contribution is -2.40. The van der Waals surface area contributed by atoms with Crippen LogP contribution in [0, 0.1) is 6.92 Å². The highest BCUT2D eigenvalue weighted by atomic mass is 35.5. The number of hydrogen-bond donors (Lipinski definition) is 0. The monoisotopic (exact) mass is 397 g/mol. The van der Waals surface area contributed by atoms with E-state index in [1.165, 1.54) is 0 Å². The molecule has 0 bridgehead atoms. The molecule has 3 aromatic rings. The zero-order valence-corrected chi connectivity index (χ0v) is 16.5. The van der Waals surface area contributed by atoms with Gasteiger partial charge >= 0.3 is 0 Å². The van der Waals surface area contributed by atoms with Crippen molar-refractivity contribution in [1.82, 2.24) is 4.31 Å². The molecule has 1 heterocycles. The lowest BCUT2D eigenvalue weighted by atomic mass is 9.90. The molecule has 0 saturated carbocycles. The van der Waals surface area contributed by atoms with Crippen molar-refractivity contribution in [2.75, 3.05) is 6.54 Å². The minimum Gasteiger partial charge on any atom is -0.207 e. The Kier molecular flexibility index (Phi) is 4.81. The van der Waals surface area contributed by atoms with Crippen LogP contribution in [0.3, 0.4) is 0 Å². The predicted molar refractivity (Wildman–Crippen MR) is 109 cm³/mol. The second kappa shape index (κ2) is 7.12. The molecule has 0 N–H and O–H groups in total. The summed E-state index contributed by atoms with van der Waals surface area (Å²) in [4.78, 5) is 0.310. The number of sulfonamides is 1. The second-order valence-corrected chi connectivity index (χ2v) is 9.10. The van der Waals surface area contributed by atoms with Crippen LogP contribution in [0.25, 0.3) is 0 Å². The van der Waals surface area contributed by atoms with Crippen LogP contribution in [-0.2, 0) is 16.4 Å². The number of hydrogen-bond acceptors (Lipinski definition) is 2. The van der Waals surface area contributed by atoms with E-state index in [-0.39, 0.29) is 0 Å². The van der Waals surface area contributed by atoms with Gasteiger partial charge in [0.25, 0.3) is 0 Å². The number of benzene rings is 3. The maximum absolute atomic E-state index is 13.5. The fraction of sp³-hybridized carbons (Fsp3) is 0.182. The Morgan fingerprint density at radius 1 is 0.889 bits per heavy atom. The number of fused-ring (bicyclic) bond motifs is 1. The van der Waals surface area contributed by atoms with E-state index >= 15 is 0 Å². The topological polar surface area (TPSA) is 37.4 Å². The van der Waals surface area contributed by atoms with Gasteiger partial charge in [0.1, 0.15) is 0 Å². The molecule has 4 rings (SSSR count). The standard InChI is InChI=1S/C22H20ClNO2S/c1-16-10-12-18(13-11-16)27(25,26)24-15-14-17-6-2-3-7-19(17)22(24)20-8-4-5-9-21(20)23/h2-13,22H,14-15H2,1H3. The quantitative estimate of drug-likeness (QED) is 0.624. The Bertz CT molecular complexity index is 1080. The molecule has 0 amide bonds. The summed E-state index contributed by atoms with van der Waals surface area (Å²) in [7, 11) is -3.66. The first-order valence-electron chi connectivity index (χ1n) is 8.89. The van der Waals surface area contributed by atoms with Crippen molar-refractivity contribution in [3.05, 3.63) is 100 Å². The van der Waals surface area contributed by atoms with Gasteiger partial charge in [0.2, 0.25) is 10.0 Å². The fourth-order valence-corrected chi connectivity index (χ4v) is 5.49. The molecule has 0 spiro atoms. The minimum absolute atomic E-state index is 0.310. The number of rotatable bonds is 3. The number of halogens is 1. The van der Waals surface area contributed by atoms with Crippen LogP contribution in [0.4, 0.5) is 0 Å². The first-order chi connectivity index (χ1) is 13.0. The highest BCUT2D eigenvalue weighted by Crippen LogP contribution is 2.40. The van der Waals surface area contributed by atoms with Gasteiger partial charge in [-0.3, -0.25) is 0 Å². The summed E-state index contributed by atoms with van der Waals surface area (Å²) in [5.41, 5.74) is 3.99. The maximum atomic E-state index is 13.5. The first-order valence-corrected chi connectivity index (χ1v) is 10.7. The molecule has 3 nitrogen and oxygen atoms in total. The molecule has 5 heteroatoms. The molecule has 1 unspecified atom stereocenters. The summed E-state index contributed by atoms with van der Waals surface area (Å²) in [6.07, 6.45) is 0.683. The average Bonchev–Trinajstić information content (AvgIpc) is 2.68. The van der Waals surface area contributed by atoms with Gasteiger partial charge in [-0.25, -0.2) is 8.42 Å². The van der Waals surface area contributed by atoms with E-state index in [0.717, 1.165) is 22.3 Å². The molecule has 1 aliphatic rings. The summed E-state index contributed by atoms with van der Waals surface area (Å²) >= 11 is 6.48. The van der Waals surface area contributed by atoms with Crippen molar-refractivity contribution in [3.63, 3.8) is 0 Å². The maximum Gasteiger partial charge on any atom is 0.243 e. The van der Waals surface area contributed by atoms with Gasteiger partial charge in [-0.2, -0.15) is 4.31 Å². The van der Waals surface area contributed by atoms with E-state index in [0.29, 0.717) is 22.9 Å². The molecular formula is C22H20ClNO2S. The SMILES string of the molecule is Cc1ccc(S(=O)(=O)N2CCc3ccccc3C2c2ccccc2Cl)cc1. The third-order valence-electron chi connectivity index (χ3n) is 5.07. The van der Waals surface area contributed by atoms with Crippen LogP contribution in [0.2, 0.25) is 5.02 Å². The summed E-state index contributed by atoms with van der Waals surface area (Å²) in [6, 6.07) is 22.1. The summed E-state index contributed by atoms with van der Waals surface area (Å²) in [5.74, 6) is 0. The summed E-state index contributed by atoms with van der Waals surface area (Å²) in [5, 5.41) is 0.573. The third-order valence-corrected chi connectivity index (χ3v) is 7.29. The number of nitrogens with zero attached hydrogens (tertiary/aromatic N) is 1. The van der Waals surface area contributed by atoms with Crippen molar-refractivity contribution in [1.29, 1.82) is 0 Å². The fourth-order valence-electron chi connectivity index (χ4n) is 3.67. The molecule has 27 heavy (non-hydrogen) atoms. The van der Waals surface area contributed by atoms with Gasteiger partial charge < -0.3 is 0 Å². The normalized spacial score (nSPS) is 17.5. The summed E-state index contributed by atoms with van der Waals surface area (Å²) in [6.45, 7) is 2.36. The Morgan fingerprint density at radius 3 is 2.22 bits per heavy atom. The zero-order valence-electron chi connectivity index (χ0n) is 15.0. The highest BCUT2D eigenvalue weighted by Gasteiger charge is 2.38. The van der Waals surface area contributed by atoms with Crippen LogP contribution in [0.1, 0.15) is 28.3 Å². The highest BCUT2D eigenvalue weighted by molar-refractivity contribution is 7.89. The zero-order chi connectivity index (χ0) is 19.0. The van der Waals surface area contributed by atoms with Gasteiger partial charge in [0.05, 0.1) is 10.9 Å². The average molecular weight is 398 g/mol. The largest absolute Gasteiger partial charge is 0.243 e. The van der Waals surface area contributed by atoms with Gasteiger partial charge in [-0.15, -0.1) is 0 Å². The Morgan fingerprint density at radius 2 is 1.52 bits per heavy atom. The lowest BCUT2D eigenvalue weighted by molar-refractivity contribution is 0.344. The third kappa shape index (κ3) is 3.29. The molecule has 3 aromatic carbocycles. The molecule has 1 atom stereocenters. The van der Waals surface area contributed by atoms with E-state index in [2.05, 4.69) is 6.07 Å². The van der Waals surface area contributed by atoms with Crippen LogP contribution in [0.5, 0.6) is 0 Å². The molecule has 0 fully saturated rings. The van der Waals surface area contributed by atoms with Crippen molar-refractivity contribution in [2.45, 2.75) is 24.3 Å². The predicted octanol–water partition coefficient (Wildman–Crippen LogP) is 4.98. The van der Waals surface area contributed by atoms with Crippen molar-refractivity contribution in [3.8, 4) is 0 Å². The van der Waals surface area contributed by atoms with Crippen molar-refractivity contribution >= 4 is 21.6 Å². The molecule has 0 aromatic heterocycles. The van der Waals surface area contributed by atoms with E-state index in [9.17, 15) is 8.42 Å². The molecule has 1 aliphatic heterocycles. The van der Waals surface area contributed by atoms with Crippen LogP contribution in [0.15, 0.2) is 77.7 Å². The Hall–Kier alpha value is -2.14. The van der Waals surface area contributed by atoms with E-state index in [1.54, 1.807) is 16.4 Å². The van der Waals surface area contributed by atoms with E-state index in [4.69, 9.17) is 11.6 Å². The minimum atomic E-state index is -3.66. The van der Waals surface area contributed by atoms with Crippen LogP contribution in [-0.4, -0.2) is 19.3 Å². The molecule has 0 radical (unpaired) electrons.